The lowest BCUT2D eigenvalue weighted by Crippen LogP contribution is -2.67. The highest BCUT2D eigenvalue weighted by Gasteiger charge is 2.55. The minimum Gasteiger partial charge on any atom is -0.479 e. The highest BCUT2D eigenvalue weighted by molar-refractivity contribution is 5.74. The zero-order chi connectivity index (χ0) is 26.4. The van der Waals surface area contributed by atoms with Gasteiger partial charge >= 0.3 is 11.9 Å². The van der Waals surface area contributed by atoms with Gasteiger partial charge in [-0.25, -0.2) is 9.59 Å². The van der Waals surface area contributed by atoms with Crippen LogP contribution in [-0.4, -0.2) is 155 Å². The first-order valence-corrected chi connectivity index (χ1v) is 10.4. The van der Waals surface area contributed by atoms with E-state index in [1.54, 1.807) is 0 Å². The van der Waals surface area contributed by atoms with Crippen molar-refractivity contribution in [2.45, 2.75) is 99.0 Å². The molecule has 0 spiro atoms. The van der Waals surface area contributed by atoms with Gasteiger partial charge in [-0.1, -0.05) is 0 Å². The van der Waals surface area contributed by atoms with E-state index in [0.29, 0.717) is 0 Å². The molecule has 0 amide bonds. The maximum Gasteiger partial charge on any atom is 0.335 e. The number of carboxylic acid groups (broad SMARTS) is 2. The minimum absolute atomic E-state index is 1.02. The molecule has 0 aromatic heterocycles. The third-order valence-electron chi connectivity index (χ3n) is 5.98. The standard InChI is InChI=1S/C18H28O17/c1-2-3(19)5(21)13(16(30)31-2)35-18-9(25)10(8(24)12(34-18)15(28)29)32-17-7(23)4(20)6(22)11(33-17)14(26)27/h2-13,16-25,30H,1H3,(H,26,27)(H,28,29). The Morgan fingerprint density at radius 3 is 1.60 bits per heavy atom. The number of aliphatic carboxylic acids is 2. The fraction of sp³-hybridized carbons (Fsp3) is 0.889. The Bertz CT molecular complexity index is 765. The molecule has 3 aliphatic rings. The lowest BCUT2D eigenvalue weighted by molar-refractivity contribution is -0.375. The van der Waals surface area contributed by atoms with Crippen LogP contribution in [0.2, 0.25) is 0 Å². The molecule has 0 aromatic carbocycles. The predicted molar refractivity (Wildman–Crippen MR) is 101 cm³/mol. The van der Waals surface area contributed by atoms with Crippen LogP contribution in [0, 0.1) is 0 Å². The van der Waals surface area contributed by atoms with E-state index in [1.807, 2.05) is 0 Å². The van der Waals surface area contributed by atoms with E-state index >= 15 is 0 Å². The Morgan fingerprint density at radius 1 is 0.571 bits per heavy atom. The van der Waals surface area contributed by atoms with Crippen LogP contribution >= 0.6 is 0 Å². The van der Waals surface area contributed by atoms with E-state index in [9.17, 15) is 55.5 Å². The Morgan fingerprint density at radius 2 is 1.06 bits per heavy atom. The molecular formula is C18H28O17. The molecule has 3 rings (SSSR count). The highest BCUT2D eigenvalue weighted by Crippen LogP contribution is 2.32. The summed E-state index contributed by atoms with van der Waals surface area (Å²) in [5.74, 6) is -3.52. The molecule has 17 nitrogen and oxygen atoms in total. The fourth-order valence-electron chi connectivity index (χ4n) is 3.95. The largest absolute Gasteiger partial charge is 0.479 e. The van der Waals surface area contributed by atoms with Crippen molar-refractivity contribution in [3.63, 3.8) is 0 Å². The fourth-order valence-corrected chi connectivity index (χ4v) is 3.95. The van der Waals surface area contributed by atoms with E-state index in [1.165, 1.54) is 6.92 Å². The second kappa shape index (κ2) is 10.8. The summed E-state index contributed by atoms with van der Waals surface area (Å²) in [6.07, 6.45) is -29.0. The first-order valence-electron chi connectivity index (χ1n) is 10.4. The first kappa shape index (κ1) is 28.0. The average Bonchev–Trinajstić information content (AvgIpc) is 2.78. The number of carbonyl (C=O) groups is 2. The van der Waals surface area contributed by atoms with Crippen molar-refractivity contribution >= 4 is 11.9 Å². The Kier molecular flexibility index (Phi) is 8.65. The van der Waals surface area contributed by atoms with Crippen molar-refractivity contribution in [3.8, 4) is 0 Å². The molecule has 0 aromatic rings. The zero-order valence-electron chi connectivity index (χ0n) is 18.0. The second-order valence-electron chi connectivity index (χ2n) is 8.39. The van der Waals surface area contributed by atoms with Crippen LogP contribution in [0.25, 0.3) is 0 Å². The van der Waals surface area contributed by atoms with Gasteiger partial charge in [0.05, 0.1) is 6.10 Å². The topological polar surface area (TPSA) is 283 Å². The smallest absolute Gasteiger partial charge is 0.335 e. The summed E-state index contributed by atoms with van der Waals surface area (Å²) in [7, 11) is 0. The molecule has 0 aliphatic carbocycles. The summed E-state index contributed by atoms with van der Waals surface area (Å²) in [4.78, 5) is 22.9. The third-order valence-corrected chi connectivity index (χ3v) is 5.98. The summed E-state index contributed by atoms with van der Waals surface area (Å²) in [6.45, 7) is 1.34. The molecule has 10 N–H and O–H groups in total. The van der Waals surface area contributed by atoms with Crippen molar-refractivity contribution in [1.29, 1.82) is 0 Å². The van der Waals surface area contributed by atoms with E-state index in [0.717, 1.165) is 0 Å². The molecule has 3 heterocycles. The molecule has 3 saturated heterocycles. The number of hydrogen-bond acceptors (Lipinski definition) is 15. The number of hydrogen-bond donors (Lipinski definition) is 10. The Hall–Kier alpha value is -1.58. The number of ether oxygens (including phenoxy) is 5. The van der Waals surface area contributed by atoms with Gasteiger partial charge in [0.25, 0.3) is 0 Å². The molecule has 15 unspecified atom stereocenters. The summed E-state index contributed by atoms with van der Waals surface area (Å²) in [5, 5.41) is 99.7. The van der Waals surface area contributed by atoms with Crippen molar-refractivity contribution < 1.29 is 84.3 Å². The van der Waals surface area contributed by atoms with Gasteiger partial charge in [-0.2, -0.15) is 0 Å². The van der Waals surface area contributed by atoms with Gasteiger partial charge in [0.2, 0.25) is 0 Å². The summed E-state index contributed by atoms with van der Waals surface area (Å²) in [6, 6.07) is 0. The van der Waals surface area contributed by atoms with Crippen LogP contribution < -0.4 is 0 Å². The Labute approximate surface area is 196 Å². The SMILES string of the molecule is CC1OC(O)C(OC2OC(C(=O)O)C(O)C(OC3OC(C(=O)O)C(O)C(O)C3O)C2O)C(O)C1O. The van der Waals surface area contributed by atoms with E-state index < -0.39 is 104 Å². The first-order chi connectivity index (χ1) is 16.3. The van der Waals surface area contributed by atoms with Gasteiger partial charge in [-0.3, -0.25) is 0 Å². The van der Waals surface area contributed by atoms with Gasteiger partial charge in [0.1, 0.15) is 54.9 Å². The van der Waals surface area contributed by atoms with Crippen LogP contribution in [0.5, 0.6) is 0 Å². The van der Waals surface area contributed by atoms with Gasteiger partial charge in [0, 0.05) is 0 Å². The minimum atomic E-state index is -2.17. The molecule has 3 aliphatic heterocycles. The summed E-state index contributed by atoms with van der Waals surface area (Å²) < 4.78 is 25.4. The second-order valence-corrected chi connectivity index (χ2v) is 8.39. The Balaban J connectivity index is 1.82. The van der Waals surface area contributed by atoms with Crippen molar-refractivity contribution in [1.82, 2.24) is 0 Å². The van der Waals surface area contributed by atoms with E-state index in [-0.39, 0.29) is 0 Å². The molecule has 17 heteroatoms. The molecule has 0 radical (unpaired) electrons. The van der Waals surface area contributed by atoms with Crippen molar-refractivity contribution in [2.75, 3.05) is 0 Å². The van der Waals surface area contributed by atoms with Crippen LogP contribution in [0.1, 0.15) is 6.92 Å². The highest BCUT2D eigenvalue weighted by atomic mass is 16.8. The normalized spacial score (nSPS) is 51.1. The van der Waals surface area contributed by atoms with Gasteiger partial charge < -0.3 is 74.7 Å². The average molecular weight is 516 g/mol. The number of aliphatic hydroxyl groups excluding tert-OH is 8. The molecule has 0 bridgehead atoms. The van der Waals surface area contributed by atoms with Gasteiger partial charge in [0.15, 0.2) is 31.1 Å². The quantitative estimate of drug-likeness (QED) is 0.157. The zero-order valence-corrected chi connectivity index (χ0v) is 18.0. The third kappa shape index (κ3) is 5.42. The predicted octanol–water partition coefficient (Wildman–Crippen LogP) is -6.36. The molecule has 0 saturated carbocycles. The van der Waals surface area contributed by atoms with Crippen LogP contribution in [0.4, 0.5) is 0 Å². The maximum atomic E-state index is 11.6. The summed E-state index contributed by atoms with van der Waals surface area (Å²) in [5.41, 5.74) is 0. The number of carboxylic acids is 2. The van der Waals surface area contributed by atoms with Crippen LogP contribution in [0.15, 0.2) is 0 Å². The van der Waals surface area contributed by atoms with Gasteiger partial charge in [-0.15, -0.1) is 0 Å². The van der Waals surface area contributed by atoms with Crippen LogP contribution in [0.3, 0.4) is 0 Å². The molecule has 202 valence electrons. The molecule has 35 heavy (non-hydrogen) atoms. The van der Waals surface area contributed by atoms with Crippen molar-refractivity contribution in [3.05, 3.63) is 0 Å². The molecular weight excluding hydrogens is 488 g/mol. The lowest BCUT2D eigenvalue weighted by Gasteiger charge is -2.46. The van der Waals surface area contributed by atoms with Crippen LogP contribution in [-0.2, 0) is 33.3 Å². The summed E-state index contributed by atoms with van der Waals surface area (Å²) >= 11 is 0. The van der Waals surface area contributed by atoms with E-state index in [4.69, 9.17) is 28.8 Å². The van der Waals surface area contributed by atoms with E-state index in [2.05, 4.69) is 0 Å². The maximum absolute atomic E-state index is 11.6. The van der Waals surface area contributed by atoms with Gasteiger partial charge in [-0.05, 0) is 6.92 Å². The lowest BCUT2D eigenvalue weighted by atomic mass is 9.96. The molecule has 3 fully saturated rings. The molecule has 15 atom stereocenters. The van der Waals surface area contributed by atoms with Crippen molar-refractivity contribution in [2.24, 2.45) is 0 Å². The number of rotatable bonds is 6. The monoisotopic (exact) mass is 516 g/mol. The number of aliphatic hydroxyl groups is 8.